The molecule has 6 nitrogen and oxygen atoms in total. The van der Waals surface area contributed by atoms with E-state index in [-0.39, 0.29) is 23.7 Å². The lowest BCUT2D eigenvalue weighted by Crippen LogP contribution is -2.14. The molecule has 2 aromatic carbocycles. The third-order valence-corrected chi connectivity index (χ3v) is 5.70. The molecule has 0 radical (unpaired) electrons. The third kappa shape index (κ3) is 8.51. The molecule has 0 saturated carbocycles. The molecule has 38 heavy (non-hydrogen) atoms. The quantitative estimate of drug-likeness (QED) is 0.0998. The maximum absolute atomic E-state index is 13.0. The highest BCUT2D eigenvalue weighted by Crippen LogP contribution is 2.35. The second-order valence-electron chi connectivity index (χ2n) is 9.16. The van der Waals surface area contributed by atoms with Crippen molar-refractivity contribution in [1.29, 1.82) is 0 Å². The van der Waals surface area contributed by atoms with E-state index in [0.29, 0.717) is 23.3 Å². The highest BCUT2D eigenvalue weighted by Gasteiger charge is 2.22. The summed E-state index contributed by atoms with van der Waals surface area (Å²) in [5.41, 5.74) is 2.27. The molecule has 0 N–H and O–H groups in total. The average molecular weight is 517 g/mol. The Hall–Kier alpha value is -4.06. The second kappa shape index (κ2) is 14.6. The van der Waals surface area contributed by atoms with Gasteiger partial charge in [-0.25, -0.2) is 9.59 Å². The van der Waals surface area contributed by atoms with Gasteiger partial charge in [-0.15, -0.1) is 0 Å². The number of carbonyl (C=O) groups excluding carboxylic acids is 1. The highest BCUT2D eigenvalue weighted by atomic mass is 16.6. The largest absolute Gasteiger partial charge is 0.493 e. The van der Waals surface area contributed by atoms with E-state index < -0.39 is 11.6 Å². The summed E-state index contributed by atoms with van der Waals surface area (Å²) in [6, 6.07) is 13.7. The fourth-order valence-electron chi connectivity index (χ4n) is 3.66. The Morgan fingerprint density at radius 3 is 2.45 bits per heavy atom. The number of ether oxygens (including phenoxy) is 3. The molecule has 0 aliphatic carbocycles. The fourth-order valence-corrected chi connectivity index (χ4v) is 3.66. The van der Waals surface area contributed by atoms with Gasteiger partial charge in [0, 0.05) is 6.07 Å². The summed E-state index contributed by atoms with van der Waals surface area (Å²) in [4.78, 5) is 25.9. The molecule has 3 aromatic rings. The number of benzene rings is 2. The Morgan fingerprint density at radius 1 is 0.921 bits per heavy atom. The van der Waals surface area contributed by atoms with E-state index in [9.17, 15) is 9.59 Å². The Bertz CT molecular complexity index is 1360. The minimum Gasteiger partial charge on any atom is -0.493 e. The van der Waals surface area contributed by atoms with Crippen molar-refractivity contribution in [3.8, 4) is 17.2 Å². The number of carbonyl (C=O) groups is 1. The number of hydrogen-bond acceptors (Lipinski definition) is 6. The van der Waals surface area contributed by atoms with Gasteiger partial charge in [0.1, 0.15) is 17.9 Å². The predicted octanol–water partition coefficient (Wildman–Crippen LogP) is 7.82. The smallest absolute Gasteiger partial charge is 0.383 e. The molecule has 0 spiro atoms. The van der Waals surface area contributed by atoms with E-state index in [4.69, 9.17) is 18.6 Å². The molecule has 0 bridgehead atoms. The van der Waals surface area contributed by atoms with Crippen LogP contribution < -0.4 is 19.8 Å². The average Bonchev–Trinajstić information content (AvgIpc) is 2.90. The molecule has 0 aliphatic rings. The van der Waals surface area contributed by atoms with Gasteiger partial charge < -0.3 is 18.6 Å². The van der Waals surface area contributed by atoms with Gasteiger partial charge in [-0.05, 0) is 76.8 Å². The lowest BCUT2D eigenvalue weighted by Gasteiger charge is -2.13. The van der Waals surface area contributed by atoms with Crippen molar-refractivity contribution in [3.05, 3.63) is 100.0 Å². The number of allylic oxidation sites excluding steroid dienone is 4. The van der Waals surface area contributed by atoms with Crippen LogP contribution in [0.1, 0.15) is 63.7 Å². The Balaban J connectivity index is 1.89. The van der Waals surface area contributed by atoms with Gasteiger partial charge in [0.25, 0.3) is 0 Å². The van der Waals surface area contributed by atoms with Crippen molar-refractivity contribution in [2.24, 2.45) is 0 Å². The second-order valence-corrected chi connectivity index (χ2v) is 9.16. The van der Waals surface area contributed by atoms with Crippen molar-refractivity contribution < 1.29 is 23.4 Å². The van der Waals surface area contributed by atoms with Crippen LogP contribution in [0.5, 0.6) is 17.2 Å². The predicted molar refractivity (Wildman–Crippen MR) is 151 cm³/mol. The van der Waals surface area contributed by atoms with Crippen LogP contribution in [0.25, 0.3) is 11.0 Å². The van der Waals surface area contributed by atoms with Crippen molar-refractivity contribution in [2.45, 2.75) is 53.4 Å². The van der Waals surface area contributed by atoms with Crippen molar-refractivity contribution >= 4 is 16.9 Å². The molecule has 0 fully saturated rings. The Morgan fingerprint density at radius 2 is 1.71 bits per heavy atom. The first-order chi connectivity index (χ1) is 18.4. The molecule has 3 rings (SSSR count). The van der Waals surface area contributed by atoms with Crippen LogP contribution in [0, 0.1) is 0 Å². The molecule has 0 amide bonds. The molecule has 0 unspecified atom stereocenters. The topological polar surface area (TPSA) is 75.0 Å². The van der Waals surface area contributed by atoms with Gasteiger partial charge >= 0.3 is 11.6 Å². The lowest BCUT2D eigenvalue weighted by atomic mass is 10.1. The maximum atomic E-state index is 13.0. The summed E-state index contributed by atoms with van der Waals surface area (Å²) in [5.74, 6) is -0.167. The number of esters is 1. The fraction of sp³-hybridized carbons (Fsp3) is 0.312. The minimum atomic E-state index is -0.730. The van der Waals surface area contributed by atoms with Crippen LogP contribution in [0.2, 0.25) is 0 Å². The van der Waals surface area contributed by atoms with Crippen molar-refractivity contribution in [2.75, 3.05) is 13.2 Å². The summed E-state index contributed by atoms with van der Waals surface area (Å²) in [6.45, 7) is 8.86. The zero-order valence-electron chi connectivity index (χ0n) is 22.6. The summed E-state index contributed by atoms with van der Waals surface area (Å²) < 4.78 is 22.9. The minimum absolute atomic E-state index is 0.0260. The molecule has 0 aliphatic heterocycles. The summed E-state index contributed by atoms with van der Waals surface area (Å²) in [6.07, 6.45) is 11.8. The Labute approximate surface area is 224 Å². The van der Waals surface area contributed by atoms with E-state index in [1.54, 1.807) is 42.5 Å². The maximum Gasteiger partial charge on any atom is 0.383 e. The standard InChI is InChI=1S/C32H36O6/c1-5-6-7-11-20-35-26-17-18-27-28(22-26)37-32(34)30(36-21-19-24(4)14-12-13-23(2)3)29(27)38-31(33)25-15-9-8-10-16-25/h6-10,13,15-19,22H,5,11-12,14,20-21H2,1-4H3. The van der Waals surface area contributed by atoms with Gasteiger partial charge in [0.05, 0.1) is 17.6 Å². The molecular weight excluding hydrogens is 480 g/mol. The van der Waals surface area contributed by atoms with Crippen molar-refractivity contribution in [3.63, 3.8) is 0 Å². The van der Waals surface area contributed by atoms with E-state index in [2.05, 4.69) is 39.0 Å². The summed E-state index contributed by atoms with van der Waals surface area (Å²) in [7, 11) is 0. The number of hydrogen-bond donors (Lipinski definition) is 0. The van der Waals surface area contributed by atoms with E-state index >= 15 is 0 Å². The van der Waals surface area contributed by atoms with Gasteiger partial charge in [-0.1, -0.05) is 54.5 Å². The van der Waals surface area contributed by atoms with Crippen LogP contribution in [-0.4, -0.2) is 19.2 Å². The first-order valence-corrected chi connectivity index (χ1v) is 13.0. The summed E-state index contributed by atoms with van der Waals surface area (Å²) in [5, 5.41) is 0.436. The van der Waals surface area contributed by atoms with Crippen LogP contribution in [0.4, 0.5) is 0 Å². The molecule has 1 heterocycles. The molecule has 0 saturated heterocycles. The number of fused-ring (bicyclic) bond motifs is 1. The first kappa shape index (κ1) is 28.5. The van der Waals surface area contributed by atoms with Gasteiger partial charge in [-0.3, -0.25) is 0 Å². The van der Waals surface area contributed by atoms with E-state index in [1.807, 2.05) is 19.1 Å². The third-order valence-electron chi connectivity index (χ3n) is 5.70. The highest BCUT2D eigenvalue weighted by molar-refractivity contribution is 5.95. The molecule has 6 heteroatoms. The zero-order chi connectivity index (χ0) is 27.3. The normalized spacial score (nSPS) is 11.5. The molecule has 0 atom stereocenters. The van der Waals surface area contributed by atoms with Crippen molar-refractivity contribution in [1.82, 2.24) is 0 Å². The molecular formula is C32H36O6. The van der Waals surface area contributed by atoms with Gasteiger partial charge in [0.2, 0.25) is 5.75 Å². The molecule has 1 aromatic heterocycles. The lowest BCUT2D eigenvalue weighted by molar-refractivity contribution is 0.0730. The summed E-state index contributed by atoms with van der Waals surface area (Å²) >= 11 is 0. The van der Waals surface area contributed by atoms with E-state index in [0.717, 1.165) is 31.3 Å². The zero-order valence-corrected chi connectivity index (χ0v) is 22.6. The van der Waals surface area contributed by atoms with E-state index in [1.165, 1.54) is 5.57 Å². The van der Waals surface area contributed by atoms with Crippen LogP contribution in [0.15, 0.2) is 93.2 Å². The molecule has 200 valence electrons. The van der Waals surface area contributed by atoms with Crippen LogP contribution >= 0.6 is 0 Å². The first-order valence-electron chi connectivity index (χ1n) is 13.0. The van der Waals surface area contributed by atoms with Crippen LogP contribution in [-0.2, 0) is 0 Å². The van der Waals surface area contributed by atoms with Crippen LogP contribution in [0.3, 0.4) is 0 Å². The Kier molecular flexibility index (Phi) is 11.0. The van der Waals surface area contributed by atoms with Gasteiger partial charge in [-0.2, -0.15) is 0 Å². The monoisotopic (exact) mass is 516 g/mol. The SMILES string of the molecule is CCC=CCCOc1ccc2c(OC(=O)c3ccccc3)c(OCC=C(C)CCC=C(C)C)c(=O)oc2c1. The number of rotatable bonds is 13. The van der Waals surface area contributed by atoms with Gasteiger partial charge in [0.15, 0.2) is 5.75 Å².